The lowest BCUT2D eigenvalue weighted by molar-refractivity contribution is 0.414. The van der Waals surface area contributed by atoms with Crippen LogP contribution in [0.4, 0.5) is 4.39 Å². The highest BCUT2D eigenvalue weighted by Crippen LogP contribution is 2.20. The van der Waals surface area contributed by atoms with Crippen LogP contribution in [-0.4, -0.2) is 7.11 Å². The van der Waals surface area contributed by atoms with E-state index in [1.54, 1.807) is 19.2 Å². The maximum absolute atomic E-state index is 12.9. The molecular formula is C16H19FN2O. The van der Waals surface area contributed by atoms with Gasteiger partial charge in [-0.05, 0) is 48.2 Å². The van der Waals surface area contributed by atoms with E-state index in [-0.39, 0.29) is 11.9 Å². The fraction of sp³-hybridized carbons (Fsp3) is 0.250. The van der Waals surface area contributed by atoms with E-state index in [0.717, 1.165) is 24.2 Å². The van der Waals surface area contributed by atoms with Crippen LogP contribution in [0.5, 0.6) is 5.75 Å². The van der Waals surface area contributed by atoms with Gasteiger partial charge in [0.05, 0.1) is 7.11 Å². The SMILES string of the molecule is COc1ccc(CCC(NN)c2ccc(F)cc2)cc1. The number of halogens is 1. The molecule has 0 amide bonds. The molecule has 2 aromatic rings. The maximum Gasteiger partial charge on any atom is 0.123 e. The van der Waals surface area contributed by atoms with E-state index in [2.05, 4.69) is 5.43 Å². The number of benzene rings is 2. The zero-order chi connectivity index (χ0) is 14.4. The van der Waals surface area contributed by atoms with E-state index >= 15 is 0 Å². The lowest BCUT2D eigenvalue weighted by Gasteiger charge is -2.16. The van der Waals surface area contributed by atoms with Crippen LogP contribution >= 0.6 is 0 Å². The van der Waals surface area contributed by atoms with Crippen molar-refractivity contribution in [2.45, 2.75) is 18.9 Å². The van der Waals surface area contributed by atoms with Crippen molar-refractivity contribution in [2.75, 3.05) is 7.11 Å². The van der Waals surface area contributed by atoms with Crippen molar-refractivity contribution in [3.05, 3.63) is 65.5 Å². The van der Waals surface area contributed by atoms with Gasteiger partial charge < -0.3 is 4.74 Å². The number of nitrogens with two attached hydrogens (primary N) is 1. The zero-order valence-electron chi connectivity index (χ0n) is 11.5. The molecule has 0 saturated heterocycles. The van der Waals surface area contributed by atoms with Gasteiger partial charge in [-0.25, -0.2) is 4.39 Å². The average molecular weight is 274 g/mol. The molecule has 0 fully saturated rings. The smallest absolute Gasteiger partial charge is 0.123 e. The van der Waals surface area contributed by atoms with E-state index in [1.807, 2.05) is 24.3 Å². The fourth-order valence-electron chi connectivity index (χ4n) is 2.14. The van der Waals surface area contributed by atoms with Gasteiger partial charge in [0.2, 0.25) is 0 Å². The van der Waals surface area contributed by atoms with Crippen molar-refractivity contribution < 1.29 is 9.13 Å². The van der Waals surface area contributed by atoms with Gasteiger partial charge in [0.15, 0.2) is 0 Å². The largest absolute Gasteiger partial charge is 0.497 e. The summed E-state index contributed by atoms with van der Waals surface area (Å²) in [5.41, 5.74) is 4.99. The number of hydrazine groups is 1. The standard InChI is InChI=1S/C16H19FN2O/c1-20-15-9-2-12(3-10-15)4-11-16(19-18)13-5-7-14(17)8-6-13/h2-3,5-10,16,19H,4,11,18H2,1H3. The number of hydrogen-bond acceptors (Lipinski definition) is 3. The molecule has 20 heavy (non-hydrogen) atoms. The lowest BCUT2D eigenvalue weighted by atomic mass is 9.99. The van der Waals surface area contributed by atoms with Crippen molar-refractivity contribution in [1.29, 1.82) is 0 Å². The van der Waals surface area contributed by atoms with Crippen LogP contribution in [0.2, 0.25) is 0 Å². The molecule has 1 atom stereocenters. The van der Waals surface area contributed by atoms with Crippen molar-refractivity contribution >= 4 is 0 Å². The first-order valence-corrected chi connectivity index (χ1v) is 6.57. The second-order valence-electron chi connectivity index (χ2n) is 4.66. The number of rotatable bonds is 6. The van der Waals surface area contributed by atoms with E-state index in [9.17, 15) is 4.39 Å². The molecule has 1 unspecified atom stereocenters. The first-order chi connectivity index (χ1) is 9.72. The Kier molecular flexibility index (Phi) is 5.09. The lowest BCUT2D eigenvalue weighted by Crippen LogP contribution is -2.28. The Labute approximate surface area is 118 Å². The van der Waals surface area contributed by atoms with Crippen molar-refractivity contribution in [3.8, 4) is 5.75 Å². The summed E-state index contributed by atoms with van der Waals surface area (Å²) in [5.74, 6) is 6.20. The molecule has 0 aromatic heterocycles. The van der Waals surface area contributed by atoms with Gasteiger partial charge in [-0.1, -0.05) is 24.3 Å². The topological polar surface area (TPSA) is 47.3 Å². The van der Waals surface area contributed by atoms with Crippen LogP contribution in [0.25, 0.3) is 0 Å². The molecular weight excluding hydrogens is 255 g/mol. The molecule has 2 rings (SSSR count). The van der Waals surface area contributed by atoms with E-state index in [4.69, 9.17) is 10.6 Å². The Hall–Kier alpha value is -1.91. The molecule has 0 aliphatic heterocycles. The first kappa shape index (κ1) is 14.5. The van der Waals surface area contributed by atoms with Crippen LogP contribution in [0.15, 0.2) is 48.5 Å². The Balaban J connectivity index is 1.97. The second-order valence-corrected chi connectivity index (χ2v) is 4.66. The molecule has 0 saturated carbocycles. The first-order valence-electron chi connectivity index (χ1n) is 6.57. The van der Waals surface area contributed by atoms with Crippen LogP contribution in [0, 0.1) is 5.82 Å². The Morgan fingerprint density at radius 3 is 2.30 bits per heavy atom. The van der Waals surface area contributed by atoms with Crippen molar-refractivity contribution in [2.24, 2.45) is 5.84 Å². The molecule has 0 radical (unpaired) electrons. The highest BCUT2D eigenvalue weighted by Gasteiger charge is 2.09. The molecule has 0 aliphatic rings. The number of hydrogen-bond donors (Lipinski definition) is 2. The summed E-state index contributed by atoms with van der Waals surface area (Å²) >= 11 is 0. The number of aryl methyl sites for hydroxylation is 1. The Bertz CT molecular complexity index is 525. The van der Waals surface area contributed by atoms with Gasteiger partial charge in [-0.15, -0.1) is 0 Å². The van der Waals surface area contributed by atoms with Crippen molar-refractivity contribution in [3.63, 3.8) is 0 Å². The molecule has 0 spiro atoms. The predicted molar refractivity (Wildman–Crippen MR) is 77.8 cm³/mol. The van der Waals surface area contributed by atoms with Crippen LogP contribution in [0.1, 0.15) is 23.6 Å². The van der Waals surface area contributed by atoms with Gasteiger partial charge in [-0.2, -0.15) is 0 Å². The molecule has 0 aliphatic carbocycles. The Morgan fingerprint density at radius 1 is 1.10 bits per heavy atom. The van der Waals surface area contributed by atoms with Gasteiger partial charge in [0.1, 0.15) is 11.6 Å². The summed E-state index contributed by atoms with van der Waals surface area (Å²) in [7, 11) is 1.65. The third-order valence-corrected chi connectivity index (χ3v) is 3.35. The summed E-state index contributed by atoms with van der Waals surface area (Å²) < 4.78 is 18.0. The van der Waals surface area contributed by atoms with E-state index < -0.39 is 0 Å². The monoisotopic (exact) mass is 274 g/mol. The van der Waals surface area contributed by atoms with Gasteiger partial charge in [-0.3, -0.25) is 11.3 Å². The summed E-state index contributed by atoms with van der Waals surface area (Å²) in [6, 6.07) is 14.4. The van der Waals surface area contributed by atoms with Gasteiger partial charge >= 0.3 is 0 Å². The average Bonchev–Trinajstić information content (AvgIpc) is 2.50. The molecule has 3 nitrogen and oxygen atoms in total. The normalized spacial score (nSPS) is 12.2. The third kappa shape index (κ3) is 3.79. The zero-order valence-corrected chi connectivity index (χ0v) is 11.5. The maximum atomic E-state index is 12.9. The Morgan fingerprint density at radius 2 is 1.75 bits per heavy atom. The minimum Gasteiger partial charge on any atom is -0.497 e. The highest BCUT2D eigenvalue weighted by molar-refractivity contribution is 5.27. The second kappa shape index (κ2) is 7.03. The third-order valence-electron chi connectivity index (χ3n) is 3.35. The molecule has 3 N–H and O–H groups in total. The van der Waals surface area contributed by atoms with Gasteiger partial charge in [0.25, 0.3) is 0 Å². The summed E-state index contributed by atoms with van der Waals surface area (Å²) in [6.07, 6.45) is 1.73. The van der Waals surface area contributed by atoms with E-state index in [1.165, 1.54) is 17.7 Å². The summed E-state index contributed by atoms with van der Waals surface area (Å²) in [5, 5.41) is 0. The van der Waals surface area contributed by atoms with Crippen molar-refractivity contribution in [1.82, 2.24) is 5.43 Å². The summed E-state index contributed by atoms with van der Waals surface area (Å²) in [4.78, 5) is 0. The number of ether oxygens (including phenoxy) is 1. The van der Waals surface area contributed by atoms with Crippen LogP contribution in [0.3, 0.4) is 0 Å². The van der Waals surface area contributed by atoms with Crippen LogP contribution < -0.4 is 16.0 Å². The minimum absolute atomic E-state index is 0.0118. The molecule has 0 bridgehead atoms. The number of nitrogens with one attached hydrogen (secondary N) is 1. The van der Waals surface area contributed by atoms with Gasteiger partial charge in [0, 0.05) is 6.04 Å². The molecule has 106 valence electrons. The highest BCUT2D eigenvalue weighted by atomic mass is 19.1. The number of methoxy groups -OCH3 is 1. The van der Waals surface area contributed by atoms with E-state index in [0.29, 0.717) is 0 Å². The quantitative estimate of drug-likeness (QED) is 0.629. The molecule has 2 aromatic carbocycles. The fourth-order valence-corrected chi connectivity index (χ4v) is 2.14. The van der Waals surface area contributed by atoms with Crippen LogP contribution in [-0.2, 0) is 6.42 Å². The molecule has 4 heteroatoms. The summed E-state index contributed by atoms with van der Waals surface area (Å²) in [6.45, 7) is 0. The molecule has 0 heterocycles. The predicted octanol–water partition coefficient (Wildman–Crippen LogP) is 2.97. The minimum atomic E-state index is -0.236.